The monoisotopic (exact) mass is 256 g/mol. The number of rotatable bonds is 5. The maximum atomic E-state index is 9.02. The average Bonchev–Trinajstić information content (AvgIpc) is 2.12. The normalized spacial score (nSPS) is 16.9. The Labute approximate surface area is 116 Å². The van der Waals surface area contributed by atoms with E-state index in [2.05, 4.69) is 12.2 Å². The summed E-state index contributed by atoms with van der Waals surface area (Å²) in [5.74, 6) is 0. The summed E-state index contributed by atoms with van der Waals surface area (Å²) in [5, 5.41) is 44.9. The van der Waals surface area contributed by atoms with Crippen molar-refractivity contribution < 1.29 is 67.5 Å². The fraction of sp³-hybridized carbons (Fsp3) is 0.833. The number of hydrogen-bond donors (Lipinski definition) is 5. The first kappa shape index (κ1) is 24.9. The third-order valence-corrected chi connectivity index (χ3v) is 1.70. The molecule has 0 spiro atoms. The molecule has 0 unspecified atom stereocenters. The Kier molecular flexibility index (Phi) is 21.3. The zero-order valence-corrected chi connectivity index (χ0v) is 11.1. The number of hydrogen-bond acceptors (Lipinski definition) is 6. The molecule has 9 heteroatoms. The van der Waals surface area contributed by atoms with E-state index in [9.17, 15) is 0 Å². The molecule has 0 amide bonds. The molecule has 0 aromatic heterocycles. The minimum atomic E-state index is -1.61. The second-order valence-corrected chi connectivity index (χ2v) is 2.63. The fourth-order valence-corrected chi connectivity index (χ4v) is 0.779. The summed E-state index contributed by atoms with van der Waals surface area (Å²) in [6.45, 7) is -0.692. The first-order chi connectivity index (χ1) is 5.54. The van der Waals surface area contributed by atoms with Gasteiger partial charge in [0.05, 0.1) is 6.61 Å². The third-order valence-electron chi connectivity index (χ3n) is 1.42. The quantitative estimate of drug-likeness (QED) is 0.242. The first-order valence-corrected chi connectivity index (χ1v) is 3.80. The van der Waals surface area contributed by atoms with E-state index in [1.807, 2.05) is 0 Å². The maximum Gasteiger partial charge on any atom is 1.00 e. The maximum absolute atomic E-state index is 9.02. The summed E-state index contributed by atoms with van der Waals surface area (Å²) >= 11 is 4.30. The van der Waals surface area contributed by atoms with Crippen LogP contribution in [0.25, 0.3) is 0 Å². The van der Waals surface area contributed by atoms with Crippen LogP contribution in [0.15, 0.2) is 0 Å². The Morgan fingerprint density at radius 1 is 1.07 bits per heavy atom. The van der Waals surface area contributed by atoms with Gasteiger partial charge in [-0.05, 0) is 0 Å². The van der Waals surface area contributed by atoms with Crippen LogP contribution >= 0.6 is 12.2 Å². The molecule has 0 bridgehead atoms. The third kappa shape index (κ3) is 8.60. The molecule has 0 saturated heterocycles. The molecular weight excluding hydrogens is 239 g/mol. The summed E-state index contributed by atoms with van der Waals surface area (Å²) in [6, 6.07) is 0. The molecule has 90 valence electrons. The Morgan fingerprint density at radius 3 is 1.73 bits per heavy atom. The molecule has 0 heterocycles. The predicted octanol–water partition coefficient (Wildman–Crippen LogP) is -7.11. The molecule has 0 radical (unpaired) electrons. The Morgan fingerprint density at radius 2 is 1.47 bits per heavy atom. The van der Waals surface area contributed by atoms with Gasteiger partial charge in [0.1, 0.15) is 24.4 Å². The second kappa shape index (κ2) is 12.9. The molecule has 9 N–H and O–H groups in total. The smallest absolute Gasteiger partial charge is 1.00 e. The fourth-order valence-electron chi connectivity index (χ4n) is 0.618. The van der Waals surface area contributed by atoms with Crippen LogP contribution in [0.1, 0.15) is 1.43 Å². The van der Waals surface area contributed by atoms with Gasteiger partial charge in [0.25, 0.3) is 0 Å². The van der Waals surface area contributed by atoms with Gasteiger partial charge in [0.15, 0.2) is 0 Å². The molecule has 15 heavy (non-hydrogen) atoms. The number of thiocarbonyl (C=S) groups is 1. The van der Waals surface area contributed by atoms with Crippen molar-refractivity contribution in [3.05, 3.63) is 0 Å². The molecule has 4 atom stereocenters. The van der Waals surface area contributed by atoms with Crippen molar-refractivity contribution in [2.24, 2.45) is 0 Å². The van der Waals surface area contributed by atoms with Crippen LogP contribution in [0.2, 0.25) is 0 Å². The largest absolute Gasteiger partial charge is 1.00 e. The molecule has 0 aromatic carbocycles. The Bertz CT molecular complexity index is 155. The predicted molar refractivity (Wildman–Crippen MR) is 53.1 cm³/mol. The van der Waals surface area contributed by atoms with Gasteiger partial charge in [0.2, 0.25) is 0 Å². The van der Waals surface area contributed by atoms with Gasteiger partial charge in [-0.1, -0.05) is 12.2 Å². The van der Waals surface area contributed by atoms with E-state index in [0.29, 0.717) is 0 Å². The second-order valence-electron chi connectivity index (χ2n) is 2.36. The summed E-state index contributed by atoms with van der Waals surface area (Å²) in [4.78, 5) is 0. The van der Waals surface area contributed by atoms with Crippen molar-refractivity contribution in [2.45, 2.75) is 24.4 Å². The van der Waals surface area contributed by atoms with Crippen LogP contribution in [-0.2, 0) is 0 Å². The molecular formula is C6H17NaO7S. The van der Waals surface area contributed by atoms with E-state index >= 15 is 0 Å². The number of aliphatic hydroxyl groups excluding tert-OH is 5. The van der Waals surface area contributed by atoms with Crippen LogP contribution in [0.5, 0.6) is 0 Å². The SMILES string of the molecule is O.O.OC[C@@H](O)[C@@H](O)[C@H](O)[C@@H](O)C=S.[H-].[Na+]. The van der Waals surface area contributed by atoms with E-state index in [0.717, 1.165) is 5.37 Å². The van der Waals surface area contributed by atoms with E-state index in [-0.39, 0.29) is 41.9 Å². The molecule has 0 aliphatic heterocycles. The molecule has 0 aliphatic rings. The Balaban J connectivity index is -0.000000101. The molecule has 0 fully saturated rings. The van der Waals surface area contributed by atoms with Crippen LogP contribution < -0.4 is 29.6 Å². The van der Waals surface area contributed by atoms with Crippen LogP contribution in [0.4, 0.5) is 0 Å². The van der Waals surface area contributed by atoms with Gasteiger partial charge >= 0.3 is 29.6 Å². The van der Waals surface area contributed by atoms with Crippen molar-refractivity contribution in [3.63, 3.8) is 0 Å². The van der Waals surface area contributed by atoms with E-state index < -0.39 is 31.0 Å². The minimum Gasteiger partial charge on any atom is -1.00 e. The van der Waals surface area contributed by atoms with Crippen molar-refractivity contribution in [3.8, 4) is 0 Å². The molecule has 0 rings (SSSR count). The first-order valence-electron chi connectivity index (χ1n) is 3.33. The van der Waals surface area contributed by atoms with Gasteiger partial charge in [-0.2, -0.15) is 0 Å². The van der Waals surface area contributed by atoms with Crippen LogP contribution in [0, 0.1) is 0 Å². The van der Waals surface area contributed by atoms with Crippen LogP contribution in [-0.4, -0.2) is 72.9 Å². The van der Waals surface area contributed by atoms with Crippen molar-refractivity contribution >= 4 is 17.6 Å². The van der Waals surface area contributed by atoms with Crippen molar-refractivity contribution in [2.75, 3.05) is 6.61 Å². The summed E-state index contributed by atoms with van der Waals surface area (Å²) in [5.41, 5.74) is 0. The summed E-state index contributed by atoms with van der Waals surface area (Å²) in [7, 11) is 0. The van der Waals surface area contributed by atoms with Crippen molar-refractivity contribution in [1.29, 1.82) is 0 Å². The zero-order valence-electron chi connectivity index (χ0n) is 9.24. The van der Waals surface area contributed by atoms with Gasteiger partial charge in [-0.3, -0.25) is 0 Å². The molecule has 0 aliphatic carbocycles. The summed E-state index contributed by atoms with van der Waals surface area (Å²) < 4.78 is 0. The van der Waals surface area contributed by atoms with E-state index in [1.165, 1.54) is 0 Å². The molecule has 0 saturated carbocycles. The molecule has 0 aromatic rings. The summed E-state index contributed by atoms with van der Waals surface area (Å²) in [6.07, 6.45) is -6.06. The standard InChI is InChI=1S/C6H12O5S.Na.2H2O.H/c7-1-3(8)5(10)6(11)4(9)2-12;;;;/h2-11H,1H2;;2*1H2;/q;+1;;;-1/t3-,4+,5-,6-;;;;/m1..../s1. The van der Waals surface area contributed by atoms with E-state index in [1.54, 1.807) is 0 Å². The van der Waals surface area contributed by atoms with Gasteiger partial charge < -0.3 is 37.9 Å². The Hall–Kier alpha value is 0.810. The topological polar surface area (TPSA) is 164 Å². The van der Waals surface area contributed by atoms with Gasteiger partial charge in [-0.25, -0.2) is 0 Å². The number of aliphatic hydroxyl groups is 5. The minimum absolute atomic E-state index is 0. The van der Waals surface area contributed by atoms with Crippen molar-refractivity contribution in [1.82, 2.24) is 0 Å². The van der Waals surface area contributed by atoms with Gasteiger partial charge in [0, 0.05) is 5.37 Å². The average molecular weight is 256 g/mol. The van der Waals surface area contributed by atoms with Crippen LogP contribution in [0.3, 0.4) is 0 Å². The molecule has 7 nitrogen and oxygen atoms in total. The van der Waals surface area contributed by atoms with E-state index in [4.69, 9.17) is 25.5 Å². The van der Waals surface area contributed by atoms with Gasteiger partial charge in [-0.15, -0.1) is 0 Å². The zero-order chi connectivity index (χ0) is 9.72.